The molecule has 0 bridgehead atoms. The van der Waals surface area contributed by atoms with Crippen molar-refractivity contribution < 1.29 is 4.39 Å². The van der Waals surface area contributed by atoms with Crippen LogP contribution in [0.4, 0.5) is 15.9 Å². The van der Waals surface area contributed by atoms with E-state index >= 15 is 0 Å². The Hall–Kier alpha value is -2.62. The summed E-state index contributed by atoms with van der Waals surface area (Å²) in [5.74, 6) is 0.644. The van der Waals surface area contributed by atoms with Gasteiger partial charge >= 0.3 is 0 Å². The second-order valence-corrected chi connectivity index (χ2v) is 5.34. The van der Waals surface area contributed by atoms with Gasteiger partial charge in [-0.25, -0.2) is 4.39 Å². The van der Waals surface area contributed by atoms with Crippen LogP contribution in [0, 0.1) is 12.7 Å². The highest BCUT2D eigenvalue weighted by Crippen LogP contribution is 2.40. The Kier molecular flexibility index (Phi) is 2.57. The van der Waals surface area contributed by atoms with Crippen molar-refractivity contribution in [2.75, 3.05) is 5.32 Å². The van der Waals surface area contributed by atoms with Gasteiger partial charge in [0.05, 0.1) is 5.69 Å². The fourth-order valence-electron chi connectivity index (χ4n) is 2.88. The number of aromatic nitrogens is 2. The second kappa shape index (κ2) is 4.45. The Bertz CT molecular complexity index is 819. The molecule has 4 rings (SSSR count). The normalized spacial score (nSPS) is 12.1. The number of rotatable bonds is 2. The number of H-pyrrole nitrogens is 1. The number of fused-ring (bicyclic) bond motifs is 3. The maximum Gasteiger partial charge on any atom is 0.130 e. The van der Waals surface area contributed by atoms with Crippen molar-refractivity contribution >= 4 is 11.5 Å². The Morgan fingerprint density at radius 2 is 1.90 bits per heavy atom. The first-order valence-corrected chi connectivity index (χ1v) is 6.91. The summed E-state index contributed by atoms with van der Waals surface area (Å²) < 4.78 is 13.0. The van der Waals surface area contributed by atoms with Crippen LogP contribution in [0.5, 0.6) is 0 Å². The van der Waals surface area contributed by atoms with E-state index in [0.717, 1.165) is 23.6 Å². The average Bonchev–Trinajstić information content (AvgIpc) is 3.03. The molecule has 0 radical (unpaired) electrons. The number of nitrogens with one attached hydrogen (secondary N) is 2. The lowest BCUT2D eigenvalue weighted by molar-refractivity contribution is 0.628. The van der Waals surface area contributed by atoms with E-state index in [1.807, 2.05) is 0 Å². The van der Waals surface area contributed by atoms with Gasteiger partial charge in [0.25, 0.3) is 0 Å². The van der Waals surface area contributed by atoms with Crippen LogP contribution in [0.3, 0.4) is 0 Å². The molecule has 0 amide bonds. The molecule has 1 aliphatic rings. The standard InChI is InChI=1S/C17H14FN3/c1-10-3-2-4-13-14(10)9-15-16(13)20-21-17(15)19-12-7-5-11(18)6-8-12/h2-8H,9H2,1H3,(H2,19,20,21). The van der Waals surface area contributed by atoms with Crippen molar-refractivity contribution in [3.05, 3.63) is 65.0 Å². The minimum atomic E-state index is -0.238. The fourth-order valence-corrected chi connectivity index (χ4v) is 2.88. The van der Waals surface area contributed by atoms with Gasteiger partial charge in [0.15, 0.2) is 0 Å². The van der Waals surface area contributed by atoms with E-state index in [1.54, 1.807) is 12.1 Å². The molecule has 0 unspecified atom stereocenters. The first-order valence-electron chi connectivity index (χ1n) is 6.91. The summed E-state index contributed by atoms with van der Waals surface area (Å²) in [6, 6.07) is 12.6. The zero-order valence-electron chi connectivity index (χ0n) is 11.6. The Morgan fingerprint density at radius 1 is 1.10 bits per heavy atom. The highest BCUT2D eigenvalue weighted by atomic mass is 19.1. The van der Waals surface area contributed by atoms with Crippen molar-refractivity contribution in [3.63, 3.8) is 0 Å². The number of hydrogen-bond donors (Lipinski definition) is 2. The smallest absolute Gasteiger partial charge is 0.130 e. The molecule has 3 nitrogen and oxygen atoms in total. The molecule has 4 heteroatoms. The van der Waals surface area contributed by atoms with E-state index in [1.165, 1.54) is 34.4 Å². The number of halogens is 1. The lowest BCUT2D eigenvalue weighted by atomic mass is 10.0. The molecule has 0 spiro atoms. The van der Waals surface area contributed by atoms with E-state index in [9.17, 15) is 4.39 Å². The summed E-state index contributed by atoms with van der Waals surface area (Å²) in [5.41, 5.74) is 6.86. The maximum absolute atomic E-state index is 13.0. The van der Waals surface area contributed by atoms with Gasteiger partial charge in [-0.3, -0.25) is 5.10 Å². The Morgan fingerprint density at radius 3 is 2.71 bits per heavy atom. The SMILES string of the molecule is Cc1cccc2c1Cc1c-2n[nH]c1Nc1ccc(F)cc1. The summed E-state index contributed by atoms with van der Waals surface area (Å²) in [6.07, 6.45) is 0.872. The van der Waals surface area contributed by atoms with Gasteiger partial charge in [0, 0.05) is 23.2 Å². The zero-order valence-corrected chi connectivity index (χ0v) is 11.6. The van der Waals surface area contributed by atoms with Gasteiger partial charge in [-0.05, 0) is 42.3 Å². The molecule has 1 heterocycles. The molecule has 1 aromatic heterocycles. The quantitative estimate of drug-likeness (QED) is 0.578. The topological polar surface area (TPSA) is 40.7 Å². The third-order valence-corrected chi connectivity index (χ3v) is 4.00. The molecule has 3 aromatic rings. The fraction of sp³-hybridized carbons (Fsp3) is 0.118. The number of nitrogens with zero attached hydrogens (tertiary/aromatic N) is 1. The van der Waals surface area contributed by atoms with Crippen molar-refractivity contribution in [1.29, 1.82) is 0 Å². The van der Waals surface area contributed by atoms with E-state index in [4.69, 9.17) is 0 Å². The molecule has 2 aromatic carbocycles. The molecule has 2 N–H and O–H groups in total. The van der Waals surface area contributed by atoms with Crippen LogP contribution in [0.25, 0.3) is 11.3 Å². The molecule has 0 atom stereocenters. The number of aromatic amines is 1. The molecule has 0 saturated carbocycles. The minimum absolute atomic E-state index is 0.238. The summed E-state index contributed by atoms with van der Waals surface area (Å²) in [7, 11) is 0. The molecule has 0 aliphatic heterocycles. The van der Waals surface area contributed by atoms with Gasteiger partial charge in [0.2, 0.25) is 0 Å². The van der Waals surface area contributed by atoms with Crippen LogP contribution in [-0.2, 0) is 6.42 Å². The summed E-state index contributed by atoms with van der Waals surface area (Å²) in [4.78, 5) is 0. The largest absolute Gasteiger partial charge is 0.340 e. The molecular formula is C17H14FN3. The maximum atomic E-state index is 13.0. The van der Waals surface area contributed by atoms with Crippen molar-refractivity contribution in [2.45, 2.75) is 13.3 Å². The number of aryl methyl sites for hydroxylation is 1. The molecular weight excluding hydrogens is 265 g/mol. The van der Waals surface area contributed by atoms with E-state index in [2.05, 4.69) is 40.6 Å². The first-order chi connectivity index (χ1) is 10.2. The number of benzene rings is 2. The number of anilines is 2. The first kappa shape index (κ1) is 12.1. The van der Waals surface area contributed by atoms with E-state index in [-0.39, 0.29) is 5.82 Å². The average molecular weight is 279 g/mol. The molecule has 104 valence electrons. The lowest BCUT2D eigenvalue weighted by Crippen LogP contribution is -1.95. The van der Waals surface area contributed by atoms with Crippen LogP contribution in [0.15, 0.2) is 42.5 Å². The third kappa shape index (κ3) is 1.91. The highest BCUT2D eigenvalue weighted by molar-refractivity contribution is 5.80. The summed E-state index contributed by atoms with van der Waals surface area (Å²) >= 11 is 0. The van der Waals surface area contributed by atoms with Gasteiger partial charge < -0.3 is 5.32 Å². The molecule has 0 fully saturated rings. The molecule has 1 aliphatic carbocycles. The predicted molar refractivity (Wildman–Crippen MR) is 81.2 cm³/mol. The van der Waals surface area contributed by atoms with Crippen LogP contribution in [-0.4, -0.2) is 10.2 Å². The van der Waals surface area contributed by atoms with Crippen LogP contribution in [0.1, 0.15) is 16.7 Å². The number of hydrogen-bond acceptors (Lipinski definition) is 2. The van der Waals surface area contributed by atoms with Gasteiger partial charge in [0.1, 0.15) is 11.6 Å². The van der Waals surface area contributed by atoms with Gasteiger partial charge in [-0.2, -0.15) is 5.10 Å². The zero-order chi connectivity index (χ0) is 14.4. The highest BCUT2D eigenvalue weighted by Gasteiger charge is 2.25. The lowest BCUT2D eigenvalue weighted by Gasteiger charge is -2.06. The summed E-state index contributed by atoms with van der Waals surface area (Å²) in [6.45, 7) is 2.13. The monoisotopic (exact) mass is 279 g/mol. The van der Waals surface area contributed by atoms with Crippen molar-refractivity contribution in [1.82, 2.24) is 10.2 Å². The van der Waals surface area contributed by atoms with Crippen molar-refractivity contribution in [2.24, 2.45) is 0 Å². The van der Waals surface area contributed by atoms with Crippen LogP contribution in [0.2, 0.25) is 0 Å². The van der Waals surface area contributed by atoms with Crippen LogP contribution < -0.4 is 5.32 Å². The van der Waals surface area contributed by atoms with E-state index < -0.39 is 0 Å². The predicted octanol–water partition coefficient (Wildman–Crippen LogP) is 4.17. The Balaban J connectivity index is 1.71. The second-order valence-electron chi connectivity index (χ2n) is 5.34. The summed E-state index contributed by atoms with van der Waals surface area (Å²) in [5, 5.41) is 10.8. The van der Waals surface area contributed by atoms with Gasteiger partial charge in [-0.15, -0.1) is 0 Å². The minimum Gasteiger partial charge on any atom is -0.340 e. The molecule has 21 heavy (non-hydrogen) atoms. The molecule has 0 saturated heterocycles. The third-order valence-electron chi connectivity index (χ3n) is 4.00. The van der Waals surface area contributed by atoms with Crippen LogP contribution >= 0.6 is 0 Å². The van der Waals surface area contributed by atoms with E-state index in [0.29, 0.717) is 0 Å². The Labute approximate surface area is 121 Å². The van der Waals surface area contributed by atoms with Gasteiger partial charge in [-0.1, -0.05) is 18.2 Å². The van der Waals surface area contributed by atoms with Crippen molar-refractivity contribution in [3.8, 4) is 11.3 Å².